The Labute approximate surface area is 148 Å². The number of carbonyl (C=O) groups is 1. The average Bonchev–Trinajstić information content (AvgIpc) is 2.88. The second kappa shape index (κ2) is 6.64. The third kappa shape index (κ3) is 2.86. The molecule has 2 heterocycles. The van der Waals surface area contributed by atoms with Crippen LogP contribution in [0.25, 0.3) is 5.69 Å². The molecule has 0 bridgehead atoms. The quantitative estimate of drug-likeness (QED) is 0.863. The Hall–Kier alpha value is -2.14. The number of hydrogen-bond donors (Lipinski definition) is 0. The number of carbonyl (C=O) groups excluding carboxylic acids is 1. The minimum absolute atomic E-state index is 0.0284. The van der Waals surface area contributed by atoms with Gasteiger partial charge in [-0.1, -0.05) is 24.6 Å². The van der Waals surface area contributed by atoms with E-state index in [-0.39, 0.29) is 12.0 Å². The first-order valence-electron chi connectivity index (χ1n) is 9.16. The molecule has 5 nitrogen and oxygen atoms in total. The van der Waals surface area contributed by atoms with Gasteiger partial charge in [0, 0.05) is 23.7 Å². The van der Waals surface area contributed by atoms with Crippen molar-refractivity contribution >= 4 is 5.91 Å². The van der Waals surface area contributed by atoms with E-state index < -0.39 is 0 Å². The van der Waals surface area contributed by atoms with Gasteiger partial charge in [0.25, 0.3) is 0 Å². The summed E-state index contributed by atoms with van der Waals surface area (Å²) in [5.41, 5.74) is 4.24. The van der Waals surface area contributed by atoms with E-state index in [4.69, 9.17) is 9.84 Å². The first-order chi connectivity index (χ1) is 12.2. The van der Waals surface area contributed by atoms with Crippen molar-refractivity contribution in [1.29, 1.82) is 0 Å². The molecule has 0 spiro atoms. The molecular weight excluding hydrogens is 314 g/mol. The average molecular weight is 339 g/mol. The number of morpholine rings is 1. The molecule has 5 heteroatoms. The van der Waals surface area contributed by atoms with Crippen LogP contribution in [0.3, 0.4) is 0 Å². The van der Waals surface area contributed by atoms with E-state index in [1.54, 1.807) is 0 Å². The first-order valence-corrected chi connectivity index (χ1v) is 9.16. The summed E-state index contributed by atoms with van der Waals surface area (Å²) in [5.74, 6) is 0.510. The number of nitrogens with zero attached hydrogens (tertiary/aromatic N) is 3. The number of ether oxygens (including phenoxy) is 1. The lowest BCUT2D eigenvalue weighted by Gasteiger charge is -2.40. The summed E-state index contributed by atoms with van der Waals surface area (Å²) in [4.78, 5) is 14.9. The summed E-state index contributed by atoms with van der Waals surface area (Å²) < 4.78 is 7.72. The molecular formula is C20H25N3O2. The maximum Gasteiger partial charge on any atom is 0.226 e. The van der Waals surface area contributed by atoms with Gasteiger partial charge in [-0.15, -0.1) is 0 Å². The van der Waals surface area contributed by atoms with Crippen molar-refractivity contribution in [2.75, 3.05) is 19.8 Å². The highest BCUT2D eigenvalue weighted by atomic mass is 16.5. The monoisotopic (exact) mass is 339 g/mol. The Bertz CT molecular complexity index is 765. The number of aromatic nitrogens is 2. The lowest BCUT2D eigenvalue weighted by Crippen LogP contribution is -2.47. The van der Waals surface area contributed by atoms with Crippen molar-refractivity contribution in [2.45, 2.75) is 39.2 Å². The molecule has 1 saturated heterocycles. The molecule has 25 heavy (non-hydrogen) atoms. The van der Waals surface area contributed by atoms with Gasteiger partial charge in [-0.05, 0) is 38.8 Å². The zero-order chi connectivity index (χ0) is 17.4. The van der Waals surface area contributed by atoms with Crippen LogP contribution in [0.5, 0.6) is 0 Å². The van der Waals surface area contributed by atoms with Gasteiger partial charge < -0.3 is 9.64 Å². The summed E-state index contributed by atoms with van der Waals surface area (Å²) in [6.07, 6.45) is 3.24. The van der Waals surface area contributed by atoms with E-state index in [9.17, 15) is 4.79 Å². The fraction of sp³-hybridized carbons (Fsp3) is 0.500. The van der Waals surface area contributed by atoms with Crippen molar-refractivity contribution < 1.29 is 9.53 Å². The van der Waals surface area contributed by atoms with Gasteiger partial charge in [0.15, 0.2) is 0 Å². The van der Waals surface area contributed by atoms with E-state index in [0.717, 1.165) is 35.5 Å². The molecule has 1 atom stereocenters. The Morgan fingerprint density at radius 2 is 1.96 bits per heavy atom. The largest absolute Gasteiger partial charge is 0.377 e. The Balaban J connectivity index is 1.69. The second-order valence-corrected chi connectivity index (χ2v) is 7.08. The van der Waals surface area contributed by atoms with Crippen LogP contribution in [0.15, 0.2) is 30.3 Å². The van der Waals surface area contributed by atoms with Crippen LogP contribution in [0.2, 0.25) is 0 Å². The van der Waals surface area contributed by atoms with E-state index in [1.807, 2.05) is 34.7 Å². The highest BCUT2D eigenvalue weighted by molar-refractivity contribution is 5.80. The number of aryl methyl sites for hydroxylation is 1. The first kappa shape index (κ1) is 16.3. The van der Waals surface area contributed by atoms with E-state index in [0.29, 0.717) is 25.7 Å². The van der Waals surface area contributed by atoms with Gasteiger partial charge in [0.2, 0.25) is 5.91 Å². The van der Waals surface area contributed by atoms with Gasteiger partial charge in [0.1, 0.15) is 0 Å². The molecule has 2 aromatic rings. The molecule has 1 aromatic heterocycles. The molecule has 4 rings (SSSR count). The van der Waals surface area contributed by atoms with Crippen LogP contribution in [0, 0.1) is 19.8 Å². The fourth-order valence-electron chi connectivity index (χ4n) is 3.95. The van der Waals surface area contributed by atoms with E-state index in [2.05, 4.69) is 19.1 Å². The molecule has 0 radical (unpaired) electrons. The van der Waals surface area contributed by atoms with E-state index >= 15 is 0 Å². The van der Waals surface area contributed by atoms with Crippen LogP contribution in [-0.4, -0.2) is 40.3 Å². The van der Waals surface area contributed by atoms with Gasteiger partial charge in [-0.2, -0.15) is 5.10 Å². The number of amides is 1. The van der Waals surface area contributed by atoms with Crippen LogP contribution in [0.4, 0.5) is 0 Å². The lowest BCUT2D eigenvalue weighted by molar-refractivity contribution is -0.147. The predicted molar refractivity (Wildman–Crippen MR) is 95.7 cm³/mol. The Morgan fingerprint density at radius 3 is 2.64 bits per heavy atom. The van der Waals surface area contributed by atoms with Crippen molar-refractivity contribution in [1.82, 2.24) is 14.7 Å². The predicted octanol–water partition coefficient (Wildman–Crippen LogP) is 3.19. The number of hydrogen-bond acceptors (Lipinski definition) is 3. The smallest absolute Gasteiger partial charge is 0.226 e. The zero-order valence-electron chi connectivity index (χ0n) is 14.9. The number of benzene rings is 1. The maximum atomic E-state index is 12.9. The molecule has 2 fully saturated rings. The Kier molecular flexibility index (Phi) is 4.34. The second-order valence-electron chi connectivity index (χ2n) is 7.08. The fourth-order valence-corrected chi connectivity index (χ4v) is 3.95. The highest BCUT2D eigenvalue weighted by Crippen LogP contribution is 2.35. The molecule has 1 aliphatic heterocycles. The summed E-state index contributed by atoms with van der Waals surface area (Å²) in [7, 11) is 0. The van der Waals surface area contributed by atoms with Crippen LogP contribution in [0.1, 0.15) is 42.3 Å². The molecule has 1 amide bonds. The van der Waals surface area contributed by atoms with Gasteiger partial charge >= 0.3 is 0 Å². The molecule has 132 valence electrons. The molecule has 2 aliphatic rings. The molecule has 1 aromatic carbocycles. The summed E-state index contributed by atoms with van der Waals surface area (Å²) in [6.45, 7) is 5.97. The molecule has 0 unspecified atom stereocenters. The zero-order valence-corrected chi connectivity index (χ0v) is 14.9. The van der Waals surface area contributed by atoms with Crippen LogP contribution >= 0.6 is 0 Å². The lowest BCUT2D eigenvalue weighted by atomic mass is 9.83. The highest BCUT2D eigenvalue weighted by Gasteiger charge is 2.37. The van der Waals surface area contributed by atoms with Gasteiger partial charge in [0.05, 0.1) is 30.6 Å². The number of rotatable bonds is 3. The summed E-state index contributed by atoms with van der Waals surface area (Å²) in [5, 5.41) is 4.75. The van der Waals surface area contributed by atoms with Crippen LogP contribution < -0.4 is 0 Å². The number of para-hydroxylation sites is 1. The molecule has 1 saturated carbocycles. The van der Waals surface area contributed by atoms with Crippen molar-refractivity contribution in [3.8, 4) is 5.69 Å². The minimum Gasteiger partial charge on any atom is -0.377 e. The molecule has 1 aliphatic carbocycles. The van der Waals surface area contributed by atoms with Crippen molar-refractivity contribution in [2.24, 2.45) is 5.92 Å². The van der Waals surface area contributed by atoms with Gasteiger partial charge in [-0.3, -0.25) is 4.79 Å². The molecule has 0 N–H and O–H groups in total. The standard InChI is InChI=1S/C20H25N3O2/c1-14-19(15(2)23(21-14)17-9-4-3-5-10-17)18-13-25-12-11-22(18)20(24)16-7-6-8-16/h3-5,9-10,16,18H,6-8,11-13H2,1-2H3/t18-/m1/s1. The van der Waals surface area contributed by atoms with Gasteiger partial charge in [-0.25, -0.2) is 4.68 Å². The topological polar surface area (TPSA) is 47.4 Å². The SMILES string of the molecule is Cc1nn(-c2ccccc2)c(C)c1[C@H]1COCCN1C(=O)C1CCC1. The third-order valence-electron chi connectivity index (χ3n) is 5.55. The minimum atomic E-state index is -0.0284. The Morgan fingerprint density at radius 1 is 1.20 bits per heavy atom. The normalized spacial score (nSPS) is 21.2. The third-order valence-corrected chi connectivity index (χ3v) is 5.55. The summed E-state index contributed by atoms with van der Waals surface area (Å²) in [6, 6.07) is 10.1. The van der Waals surface area contributed by atoms with Crippen molar-refractivity contribution in [3.05, 3.63) is 47.3 Å². The summed E-state index contributed by atoms with van der Waals surface area (Å²) >= 11 is 0. The van der Waals surface area contributed by atoms with Crippen molar-refractivity contribution in [3.63, 3.8) is 0 Å². The van der Waals surface area contributed by atoms with Crippen LogP contribution in [-0.2, 0) is 9.53 Å². The maximum absolute atomic E-state index is 12.9. The van der Waals surface area contributed by atoms with E-state index in [1.165, 1.54) is 6.42 Å².